The highest BCUT2D eigenvalue weighted by molar-refractivity contribution is 7.12. The molecule has 0 spiro atoms. The predicted molar refractivity (Wildman–Crippen MR) is 91.5 cm³/mol. The number of rotatable bonds is 5. The Balaban J connectivity index is 1.74. The summed E-state index contributed by atoms with van der Waals surface area (Å²) in [6.45, 7) is 3.92. The lowest BCUT2D eigenvalue weighted by atomic mass is 10.2. The molecule has 0 radical (unpaired) electrons. The minimum absolute atomic E-state index is 0.164. The summed E-state index contributed by atoms with van der Waals surface area (Å²) in [5, 5.41) is 16.3. The molecule has 2 aromatic heterocycles. The van der Waals surface area contributed by atoms with Crippen LogP contribution in [0.4, 0.5) is 0 Å². The Labute approximate surface area is 147 Å². The number of ether oxygens (including phenoxy) is 1. The summed E-state index contributed by atoms with van der Waals surface area (Å²) >= 11 is 7.44. The van der Waals surface area contributed by atoms with Gasteiger partial charge in [-0.3, -0.25) is 0 Å². The number of halogens is 1. The number of aromatic carboxylic acids is 1. The number of benzene rings is 1. The van der Waals surface area contributed by atoms with E-state index in [1.165, 1.54) is 22.2 Å². The van der Waals surface area contributed by atoms with Crippen LogP contribution in [0.2, 0.25) is 5.02 Å². The molecule has 1 aromatic carbocycles. The number of carboxylic acids is 1. The largest absolute Gasteiger partial charge is 0.487 e. The quantitative estimate of drug-likeness (QED) is 0.744. The smallest absolute Gasteiger partial charge is 0.339 e. The number of nitrogens with zero attached hydrogens (tertiary/aromatic N) is 3. The molecule has 0 fully saturated rings. The van der Waals surface area contributed by atoms with Gasteiger partial charge in [0.2, 0.25) is 5.13 Å². The van der Waals surface area contributed by atoms with E-state index in [4.69, 9.17) is 21.4 Å². The Hall–Kier alpha value is -2.38. The number of aromatic nitrogens is 3. The van der Waals surface area contributed by atoms with Crippen LogP contribution >= 0.6 is 22.9 Å². The van der Waals surface area contributed by atoms with Gasteiger partial charge in [-0.2, -0.15) is 5.10 Å². The predicted octanol–water partition coefficient (Wildman–Crippen LogP) is 3.88. The first-order valence-electron chi connectivity index (χ1n) is 7.07. The molecule has 0 saturated heterocycles. The molecule has 0 amide bonds. The van der Waals surface area contributed by atoms with Gasteiger partial charge in [0.15, 0.2) is 0 Å². The Morgan fingerprint density at radius 3 is 2.88 bits per heavy atom. The van der Waals surface area contributed by atoms with E-state index < -0.39 is 5.97 Å². The second-order valence-electron chi connectivity index (χ2n) is 5.18. The normalized spacial score (nSPS) is 10.8. The van der Waals surface area contributed by atoms with Gasteiger partial charge in [-0.1, -0.05) is 17.7 Å². The zero-order valence-corrected chi connectivity index (χ0v) is 14.6. The van der Waals surface area contributed by atoms with Crippen molar-refractivity contribution in [3.05, 3.63) is 57.3 Å². The van der Waals surface area contributed by atoms with Crippen LogP contribution in [-0.2, 0) is 6.61 Å². The molecular weight excluding hydrogens is 350 g/mol. The van der Waals surface area contributed by atoms with Gasteiger partial charge in [0.05, 0.1) is 17.6 Å². The summed E-state index contributed by atoms with van der Waals surface area (Å²) in [5.74, 6) is -0.335. The highest BCUT2D eigenvalue weighted by atomic mass is 35.5. The van der Waals surface area contributed by atoms with Gasteiger partial charge in [0, 0.05) is 10.4 Å². The zero-order valence-electron chi connectivity index (χ0n) is 13.0. The first-order chi connectivity index (χ1) is 11.5. The molecule has 0 aliphatic rings. The Kier molecular flexibility index (Phi) is 4.55. The maximum absolute atomic E-state index is 11.1. The van der Waals surface area contributed by atoms with Crippen molar-refractivity contribution in [2.24, 2.45) is 0 Å². The monoisotopic (exact) mass is 363 g/mol. The van der Waals surface area contributed by atoms with E-state index in [-0.39, 0.29) is 5.56 Å². The molecule has 124 valence electrons. The zero-order chi connectivity index (χ0) is 17.3. The topological polar surface area (TPSA) is 77.2 Å². The summed E-state index contributed by atoms with van der Waals surface area (Å²) < 4.78 is 7.20. The minimum Gasteiger partial charge on any atom is -0.487 e. The summed E-state index contributed by atoms with van der Waals surface area (Å²) in [5.41, 5.74) is 2.42. The van der Waals surface area contributed by atoms with Crippen molar-refractivity contribution in [2.45, 2.75) is 20.5 Å². The Morgan fingerprint density at radius 2 is 2.21 bits per heavy atom. The van der Waals surface area contributed by atoms with Crippen molar-refractivity contribution in [1.82, 2.24) is 14.8 Å². The average Bonchev–Trinajstić information content (AvgIpc) is 3.14. The third-order valence-electron chi connectivity index (χ3n) is 3.49. The highest BCUT2D eigenvalue weighted by Gasteiger charge is 2.16. The van der Waals surface area contributed by atoms with E-state index in [0.717, 1.165) is 11.3 Å². The second-order valence-corrected chi connectivity index (χ2v) is 6.43. The van der Waals surface area contributed by atoms with E-state index in [1.807, 2.05) is 24.4 Å². The van der Waals surface area contributed by atoms with Crippen molar-refractivity contribution in [2.75, 3.05) is 0 Å². The van der Waals surface area contributed by atoms with Crippen LogP contribution in [0.15, 0.2) is 29.8 Å². The lowest BCUT2D eigenvalue weighted by molar-refractivity contribution is 0.0696. The standard InChI is InChI=1S/C16H14ClN3O3S/c1-9-3-4-12(5-14(9)17)23-7-11-8-24-16(19-11)20-10(2)13(6-18-20)15(21)22/h3-6,8H,7H2,1-2H3,(H,21,22). The van der Waals surface area contributed by atoms with Crippen LogP contribution in [0.5, 0.6) is 5.75 Å². The first-order valence-corrected chi connectivity index (χ1v) is 8.33. The summed E-state index contributed by atoms with van der Waals surface area (Å²) in [4.78, 5) is 15.5. The van der Waals surface area contributed by atoms with E-state index in [9.17, 15) is 4.79 Å². The Morgan fingerprint density at radius 1 is 1.42 bits per heavy atom. The first kappa shape index (κ1) is 16.5. The van der Waals surface area contributed by atoms with E-state index >= 15 is 0 Å². The molecule has 0 bridgehead atoms. The number of hydrogen-bond acceptors (Lipinski definition) is 5. The molecule has 2 heterocycles. The molecular formula is C16H14ClN3O3S. The molecule has 24 heavy (non-hydrogen) atoms. The van der Waals surface area contributed by atoms with Crippen LogP contribution in [0.3, 0.4) is 0 Å². The van der Waals surface area contributed by atoms with Crippen molar-refractivity contribution >= 4 is 28.9 Å². The third-order valence-corrected chi connectivity index (χ3v) is 4.76. The van der Waals surface area contributed by atoms with Crippen LogP contribution in [-0.4, -0.2) is 25.8 Å². The van der Waals surface area contributed by atoms with E-state index in [0.29, 0.717) is 28.2 Å². The van der Waals surface area contributed by atoms with Crippen molar-refractivity contribution in [3.63, 3.8) is 0 Å². The van der Waals surface area contributed by atoms with Gasteiger partial charge < -0.3 is 9.84 Å². The summed E-state index contributed by atoms with van der Waals surface area (Å²) in [6, 6.07) is 5.51. The minimum atomic E-state index is -1.00. The molecule has 1 N–H and O–H groups in total. The Bertz CT molecular complexity index is 904. The van der Waals surface area contributed by atoms with Gasteiger partial charge in [0.25, 0.3) is 0 Å². The lowest BCUT2D eigenvalue weighted by Gasteiger charge is -2.06. The number of carbonyl (C=O) groups is 1. The fraction of sp³-hybridized carbons (Fsp3) is 0.188. The van der Waals surface area contributed by atoms with Gasteiger partial charge >= 0.3 is 5.97 Å². The number of hydrogen-bond donors (Lipinski definition) is 1. The van der Waals surface area contributed by atoms with Crippen LogP contribution in [0, 0.1) is 13.8 Å². The molecule has 6 nitrogen and oxygen atoms in total. The average molecular weight is 364 g/mol. The van der Waals surface area contributed by atoms with Crippen molar-refractivity contribution in [1.29, 1.82) is 0 Å². The van der Waals surface area contributed by atoms with Gasteiger partial charge in [-0.05, 0) is 31.5 Å². The van der Waals surface area contributed by atoms with E-state index in [1.54, 1.807) is 13.0 Å². The van der Waals surface area contributed by atoms with Crippen molar-refractivity contribution in [3.8, 4) is 10.9 Å². The highest BCUT2D eigenvalue weighted by Crippen LogP contribution is 2.23. The lowest BCUT2D eigenvalue weighted by Crippen LogP contribution is -2.03. The van der Waals surface area contributed by atoms with Crippen molar-refractivity contribution < 1.29 is 14.6 Å². The molecule has 0 atom stereocenters. The number of aryl methyl sites for hydroxylation is 1. The molecule has 3 rings (SSSR count). The maximum atomic E-state index is 11.1. The van der Waals surface area contributed by atoms with Gasteiger partial charge in [0.1, 0.15) is 17.9 Å². The fourth-order valence-electron chi connectivity index (χ4n) is 2.09. The maximum Gasteiger partial charge on any atom is 0.339 e. The molecule has 0 unspecified atom stereocenters. The van der Waals surface area contributed by atoms with Crippen LogP contribution in [0.1, 0.15) is 27.3 Å². The molecule has 8 heteroatoms. The summed E-state index contributed by atoms with van der Waals surface area (Å²) in [7, 11) is 0. The molecule has 0 aliphatic heterocycles. The van der Waals surface area contributed by atoms with E-state index in [2.05, 4.69) is 10.1 Å². The third kappa shape index (κ3) is 3.27. The number of thiazole rings is 1. The molecule has 0 aliphatic carbocycles. The SMILES string of the molecule is Cc1ccc(OCc2csc(-n3ncc(C(=O)O)c3C)n2)cc1Cl. The molecule has 3 aromatic rings. The van der Waals surface area contributed by atoms with Gasteiger partial charge in [-0.15, -0.1) is 11.3 Å². The van der Waals surface area contributed by atoms with Crippen LogP contribution < -0.4 is 4.74 Å². The fourth-order valence-corrected chi connectivity index (χ4v) is 3.08. The summed E-state index contributed by atoms with van der Waals surface area (Å²) in [6.07, 6.45) is 1.32. The molecule has 0 saturated carbocycles. The second kappa shape index (κ2) is 6.62. The van der Waals surface area contributed by atoms with Crippen LogP contribution in [0.25, 0.3) is 5.13 Å². The number of carboxylic acid groups (broad SMARTS) is 1. The van der Waals surface area contributed by atoms with Gasteiger partial charge in [-0.25, -0.2) is 14.5 Å².